The molecule has 1 aromatic carbocycles. The van der Waals surface area contributed by atoms with Crippen molar-refractivity contribution in [1.29, 1.82) is 0 Å². The molecule has 0 bridgehead atoms. The predicted molar refractivity (Wildman–Crippen MR) is 116 cm³/mol. The van der Waals surface area contributed by atoms with Gasteiger partial charge in [-0.05, 0) is 57.5 Å². The Labute approximate surface area is 173 Å². The number of fused-ring (bicyclic) bond motifs is 1. The number of amides is 2. The minimum absolute atomic E-state index is 0.0415. The highest BCUT2D eigenvalue weighted by Crippen LogP contribution is 2.25. The Morgan fingerprint density at radius 3 is 2.41 bits per heavy atom. The second-order valence-corrected chi connectivity index (χ2v) is 7.95. The van der Waals surface area contributed by atoms with Crippen LogP contribution >= 0.6 is 11.3 Å². The van der Waals surface area contributed by atoms with Crippen LogP contribution in [-0.4, -0.2) is 39.4 Å². The molecule has 0 radical (unpaired) electrons. The van der Waals surface area contributed by atoms with Crippen molar-refractivity contribution in [2.75, 3.05) is 18.4 Å². The van der Waals surface area contributed by atoms with Crippen LogP contribution in [0.2, 0.25) is 0 Å². The fraction of sp³-hybridized carbons (Fsp3) is 0.333. The van der Waals surface area contributed by atoms with E-state index < -0.39 is 0 Å². The Hall–Kier alpha value is -3.00. The standard InChI is InChI=1S/C21H24N4O3S/c1-5-24(6-2)20(27)15-7-9-16(10-8-15)23-17(26)11-25-12-22-19-18(21(25)28)13(3)14(4)29-19/h7-10,12H,5-6,11H2,1-4H3,(H,23,26). The second kappa shape index (κ2) is 8.57. The summed E-state index contributed by atoms with van der Waals surface area (Å²) < 4.78 is 1.31. The number of nitrogens with zero attached hydrogens (tertiary/aromatic N) is 3. The summed E-state index contributed by atoms with van der Waals surface area (Å²) in [6, 6.07) is 6.75. The highest BCUT2D eigenvalue weighted by molar-refractivity contribution is 7.18. The lowest BCUT2D eigenvalue weighted by Crippen LogP contribution is -2.30. The first-order chi connectivity index (χ1) is 13.8. The molecule has 3 rings (SSSR count). The SMILES string of the molecule is CCN(CC)C(=O)c1ccc(NC(=O)Cn2cnc3sc(C)c(C)c3c2=O)cc1. The van der Waals surface area contributed by atoms with Gasteiger partial charge in [-0.15, -0.1) is 11.3 Å². The molecule has 29 heavy (non-hydrogen) atoms. The van der Waals surface area contributed by atoms with Gasteiger partial charge in [-0.2, -0.15) is 0 Å². The number of hydrogen-bond donors (Lipinski definition) is 1. The van der Waals surface area contributed by atoms with Gasteiger partial charge < -0.3 is 10.2 Å². The molecule has 0 spiro atoms. The maximum Gasteiger partial charge on any atom is 0.262 e. The Bertz CT molecular complexity index is 1110. The third-order valence-electron chi connectivity index (χ3n) is 4.94. The third kappa shape index (κ3) is 4.22. The average Bonchev–Trinajstić information content (AvgIpc) is 3.00. The van der Waals surface area contributed by atoms with Crippen LogP contribution in [0.3, 0.4) is 0 Å². The molecule has 0 aliphatic rings. The molecular weight excluding hydrogens is 388 g/mol. The lowest BCUT2D eigenvalue weighted by Gasteiger charge is -2.18. The molecular formula is C21H24N4O3S. The maximum absolute atomic E-state index is 12.7. The van der Waals surface area contributed by atoms with Crippen LogP contribution in [0, 0.1) is 13.8 Å². The van der Waals surface area contributed by atoms with E-state index in [4.69, 9.17) is 0 Å². The molecule has 152 valence electrons. The summed E-state index contributed by atoms with van der Waals surface area (Å²) in [7, 11) is 0. The van der Waals surface area contributed by atoms with Crippen LogP contribution < -0.4 is 10.9 Å². The van der Waals surface area contributed by atoms with Gasteiger partial charge in [-0.25, -0.2) is 4.98 Å². The van der Waals surface area contributed by atoms with E-state index in [-0.39, 0.29) is 23.9 Å². The highest BCUT2D eigenvalue weighted by Gasteiger charge is 2.15. The summed E-state index contributed by atoms with van der Waals surface area (Å²) in [5.41, 5.74) is 1.83. The Morgan fingerprint density at radius 1 is 1.14 bits per heavy atom. The largest absolute Gasteiger partial charge is 0.339 e. The first-order valence-electron chi connectivity index (χ1n) is 9.50. The zero-order valence-corrected chi connectivity index (χ0v) is 17.8. The summed E-state index contributed by atoms with van der Waals surface area (Å²) in [5, 5.41) is 3.33. The highest BCUT2D eigenvalue weighted by atomic mass is 32.1. The van der Waals surface area contributed by atoms with Crippen molar-refractivity contribution < 1.29 is 9.59 Å². The molecule has 0 saturated carbocycles. The molecule has 2 amide bonds. The van der Waals surface area contributed by atoms with E-state index in [1.54, 1.807) is 29.2 Å². The summed E-state index contributed by atoms with van der Waals surface area (Å²) in [6.07, 6.45) is 1.41. The topological polar surface area (TPSA) is 84.3 Å². The minimum Gasteiger partial charge on any atom is -0.339 e. The zero-order valence-electron chi connectivity index (χ0n) is 17.0. The molecule has 3 aromatic rings. The number of carbonyl (C=O) groups is 2. The molecule has 1 N–H and O–H groups in total. The van der Waals surface area contributed by atoms with Crippen LogP contribution in [-0.2, 0) is 11.3 Å². The summed E-state index contributed by atoms with van der Waals surface area (Å²) in [4.78, 5) is 45.2. The molecule has 0 aliphatic heterocycles. The normalized spacial score (nSPS) is 10.9. The molecule has 2 aromatic heterocycles. The van der Waals surface area contributed by atoms with Gasteiger partial charge in [0.1, 0.15) is 11.4 Å². The summed E-state index contributed by atoms with van der Waals surface area (Å²) in [5.74, 6) is -0.374. The van der Waals surface area contributed by atoms with E-state index in [2.05, 4.69) is 10.3 Å². The van der Waals surface area contributed by atoms with Crippen molar-refractivity contribution in [3.8, 4) is 0 Å². The quantitative estimate of drug-likeness (QED) is 0.674. The molecule has 2 heterocycles. The van der Waals surface area contributed by atoms with E-state index >= 15 is 0 Å². The zero-order chi connectivity index (χ0) is 21.1. The van der Waals surface area contributed by atoms with Gasteiger partial charge in [-0.3, -0.25) is 19.0 Å². The molecule has 0 atom stereocenters. The lowest BCUT2D eigenvalue weighted by atomic mass is 10.1. The van der Waals surface area contributed by atoms with Crippen LogP contribution in [0.25, 0.3) is 10.2 Å². The van der Waals surface area contributed by atoms with Gasteiger partial charge in [0, 0.05) is 29.2 Å². The molecule has 7 nitrogen and oxygen atoms in total. The number of rotatable bonds is 6. The Kier molecular flexibility index (Phi) is 6.12. The van der Waals surface area contributed by atoms with Crippen molar-refractivity contribution in [3.63, 3.8) is 0 Å². The van der Waals surface area contributed by atoms with Crippen LogP contribution in [0.4, 0.5) is 5.69 Å². The van der Waals surface area contributed by atoms with Crippen molar-refractivity contribution in [1.82, 2.24) is 14.5 Å². The molecule has 0 fully saturated rings. The van der Waals surface area contributed by atoms with Crippen molar-refractivity contribution in [2.45, 2.75) is 34.2 Å². The number of aryl methyl sites for hydroxylation is 2. The second-order valence-electron chi connectivity index (χ2n) is 6.74. The van der Waals surface area contributed by atoms with Gasteiger partial charge in [0.2, 0.25) is 5.91 Å². The number of anilines is 1. The third-order valence-corrected chi connectivity index (χ3v) is 6.05. The van der Waals surface area contributed by atoms with Crippen molar-refractivity contribution in [2.24, 2.45) is 0 Å². The molecule has 8 heteroatoms. The number of thiophene rings is 1. The van der Waals surface area contributed by atoms with E-state index in [1.807, 2.05) is 27.7 Å². The van der Waals surface area contributed by atoms with E-state index in [9.17, 15) is 14.4 Å². The van der Waals surface area contributed by atoms with Crippen LogP contribution in [0.5, 0.6) is 0 Å². The average molecular weight is 413 g/mol. The summed E-state index contributed by atoms with van der Waals surface area (Å²) in [6.45, 7) is 8.87. The van der Waals surface area contributed by atoms with Gasteiger partial charge in [-0.1, -0.05) is 0 Å². The van der Waals surface area contributed by atoms with E-state index in [0.717, 1.165) is 10.4 Å². The number of hydrogen-bond acceptors (Lipinski definition) is 5. The Balaban J connectivity index is 1.72. The number of nitrogens with one attached hydrogen (secondary N) is 1. The van der Waals surface area contributed by atoms with Gasteiger partial charge >= 0.3 is 0 Å². The summed E-state index contributed by atoms with van der Waals surface area (Å²) >= 11 is 1.48. The molecule has 0 unspecified atom stereocenters. The first kappa shape index (κ1) is 20.7. The van der Waals surface area contributed by atoms with Gasteiger partial charge in [0.05, 0.1) is 11.7 Å². The van der Waals surface area contributed by atoms with Crippen LogP contribution in [0.1, 0.15) is 34.6 Å². The number of carbonyl (C=O) groups excluding carboxylic acids is 2. The van der Waals surface area contributed by atoms with Crippen molar-refractivity contribution in [3.05, 3.63) is 57.0 Å². The van der Waals surface area contributed by atoms with Crippen molar-refractivity contribution >= 4 is 39.1 Å². The Morgan fingerprint density at radius 2 is 1.79 bits per heavy atom. The van der Waals surface area contributed by atoms with Crippen LogP contribution in [0.15, 0.2) is 35.4 Å². The van der Waals surface area contributed by atoms with E-state index in [0.29, 0.717) is 34.6 Å². The van der Waals surface area contributed by atoms with E-state index in [1.165, 1.54) is 22.2 Å². The van der Waals surface area contributed by atoms with Gasteiger partial charge in [0.15, 0.2) is 0 Å². The number of aromatic nitrogens is 2. The fourth-order valence-corrected chi connectivity index (χ4v) is 4.11. The predicted octanol–water partition coefficient (Wildman–Crippen LogP) is 3.20. The van der Waals surface area contributed by atoms with Gasteiger partial charge in [0.25, 0.3) is 11.5 Å². The minimum atomic E-state index is -0.333. The lowest BCUT2D eigenvalue weighted by molar-refractivity contribution is -0.116. The first-order valence-corrected chi connectivity index (χ1v) is 10.3. The fourth-order valence-electron chi connectivity index (χ4n) is 3.13. The smallest absolute Gasteiger partial charge is 0.262 e. The maximum atomic E-state index is 12.7. The molecule has 0 aliphatic carbocycles. The monoisotopic (exact) mass is 412 g/mol. The number of benzene rings is 1. The molecule has 0 saturated heterocycles.